The molecule has 2 rings (SSSR count). The molecule has 1 amide bonds. The van der Waals surface area contributed by atoms with Gasteiger partial charge in [-0.2, -0.15) is 0 Å². The van der Waals surface area contributed by atoms with Gasteiger partial charge in [-0.15, -0.1) is 0 Å². The molecule has 1 aliphatic carbocycles. The molecule has 2 fully saturated rings. The Kier molecular flexibility index (Phi) is 4.22. The molecule has 1 aliphatic heterocycles. The Hall–Kier alpha value is -0.570. The number of carbonyl (C=O) groups is 1. The molecule has 1 unspecified atom stereocenters. The summed E-state index contributed by atoms with van der Waals surface area (Å²) in [4.78, 5) is 14.1. The summed E-state index contributed by atoms with van der Waals surface area (Å²) in [6, 6.07) is 0.557. The number of nitrogens with one attached hydrogen (secondary N) is 1. The standard InChI is InChI=1S/C13H24N2O/c1-14-10-13(16)15-9-5-8-12(15)11-6-3-2-4-7-11/h11-12,14H,2-10H2,1H3. The number of nitrogens with zero attached hydrogens (tertiary/aromatic N) is 1. The number of hydrogen-bond donors (Lipinski definition) is 1. The fourth-order valence-electron chi connectivity index (χ4n) is 3.36. The van der Waals surface area contributed by atoms with Crippen molar-refractivity contribution < 1.29 is 4.79 Å². The highest BCUT2D eigenvalue weighted by Crippen LogP contribution is 2.34. The predicted molar refractivity (Wildman–Crippen MR) is 65.2 cm³/mol. The van der Waals surface area contributed by atoms with Gasteiger partial charge in [0.2, 0.25) is 5.91 Å². The van der Waals surface area contributed by atoms with Gasteiger partial charge in [-0.3, -0.25) is 4.79 Å². The third-order valence-electron chi connectivity index (χ3n) is 4.14. The average Bonchev–Trinajstić information content (AvgIpc) is 2.79. The molecule has 0 spiro atoms. The average molecular weight is 224 g/mol. The lowest BCUT2D eigenvalue weighted by Gasteiger charge is -2.34. The lowest BCUT2D eigenvalue weighted by atomic mass is 9.83. The summed E-state index contributed by atoms with van der Waals surface area (Å²) in [6.45, 7) is 1.49. The molecule has 0 aromatic carbocycles. The number of hydrogen-bond acceptors (Lipinski definition) is 2. The molecule has 0 bridgehead atoms. The molecule has 0 aromatic heterocycles. The van der Waals surface area contributed by atoms with Crippen LogP contribution in [0.3, 0.4) is 0 Å². The fraction of sp³-hybridized carbons (Fsp3) is 0.923. The van der Waals surface area contributed by atoms with Crippen molar-refractivity contribution >= 4 is 5.91 Å². The van der Waals surface area contributed by atoms with Gasteiger partial charge in [-0.1, -0.05) is 19.3 Å². The molecule has 0 aromatic rings. The van der Waals surface area contributed by atoms with E-state index in [0.717, 1.165) is 12.5 Å². The minimum Gasteiger partial charge on any atom is -0.338 e. The minimum absolute atomic E-state index is 0.301. The van der Waals surface area contributed by atoms with Gasteiger partial charge in [0, 0.05) is 12.6 Å². The van der Waals surface area contributed by atoms with E-state index < -0.39 is 0 Å². The summed E-state index contributed by atoms with van der Waals surface area (Å²) in [5.74, 6) is 1.09. The van der Waals surface area contributed by atoms with Crippen molar-refractivity contribution in [3.63, 3.8) is 0 Å². The summed E-state index contributed by atoms with van der Waals surface area (Å²) >= 11 is 0. The topological polar surface area (TPSA) is 32.3 Å². The summed E-state index contributed by atoms with van der Waals surface area (Å²) in [5.41, 5.74) is 0. The maximum atomic E-state index is 12.0. The molecule has 3 nitrogen and oxygen atoms in total. The molecule has 3 heteroatoms. The van der Waals surface area contributed by atoms with Gasteiger partial charge in [0.25, 0.3) is 0 Å². The van der Waals surface area contributed by atoms with E-state index in [2.05, 4.69) is 10.2 Å². The highest BCUT2D eigenvalue weighted by atomic mass is 16.2. The van der Waals surface area contributed by atoms with Crippen molar-refractivity contribution in [3.8, 4) is 0 Å². The summed E-state index contributed by atoms with van der Waals surface area (Å²) in [5, 5.41) is 2.98. The second-order valence-corrected chi connectivity index (χ2v) is 5.23. The summed E-state index contributed by atoms with van der Waals surface area (Å²) < 4.78 is 0. The van der Waals surface area contributed by atoms with Gasteiger partial charge in [-0.05, 0) is 38.6 Å². The van der Waals surface area contributed by atoms with Crippen LogP contribution in [0.15, 0.2) is 0 Å². The number of likely N-dealkylation sites (N-methyl/N-ethyl adjacent to an activating group) is 1. The first-order valence-electron chi connectivity index (χ1n) is 6.77. The molecule has 1 saturated heterocycles. The van der Waals surface area contributed by atoms with Crippen LogP contribution in [0.1, 0.15) is 44.9 Å². The number of amides is 1. The van der Waals surface area contributed by atoms with Crippen LogP contribution in [0.2, 0.25) is 0 Å². The van der Waals surface area contributed by atoms with Crippen molar-refractivity contribution in [2.24, 2.45) is 5.92 Å². The zero-order valence-corrected chi connectivity index (χ0v) is 10.4. The second-order valence-electron chi connectivity index (χ2n) is 5.23. The number of likely N-dealkylation sites (tertiary alicyclic amines) is 1. The number of rotatable bonds is 3. The lowest BCUT2D eigenvalue weighted by Crippen LogP contribution is -2.44. The van der Waals surface area contributed by atoms with Crippen LogP contribution in [0.5, 0.6) is 0 Å². The first-order valence-corrected chi connectivity index (χ1v) is 6.77. The van der Waals surface area contributed by atoms with E-state index in [1.54, 1.807) is 0 Å². The van der Waals surface area contributed by atoms with E-state index in [1.165, 1.54) is 44.9 Å². The van der Waals surface area contributed by atoms with Crippen LogP contribution >= 0.6 is 0 Å². The first kappa shape index (κ1) is 11.9. The highest BCUT2D eigenvalue weighted by molar-refractivity contribution is 5.78. The normalized spacial score (nSPS) is 27.3. The zero-order valence-electron chi connectivity index (χ0n) is 10.4. The Morgan fingerprint density at radius 1 is 1.19 bits per heavy atom. The molecule has 1 heterocycles. The largest absolute Gasteiger partial charge is 0.338 e. The van der Waals surface area contributed by atoms with E-state index in [0.29, 0.717) is 18.5 Å². The van der Waals surface area contributed by atoms with Gasteiger partial charge in [0.15, 0.2) is 0 Å². The molecule has 16 heavy (non-hydrogen) atoms. The summed E-state index contributed by atoms with van der Waals surface area (Å²) in [6.07, 6.45) is 9.26. The molecule has 1 atom stereocenters. The molecular formula is C13H24N2O. The van der Waals surface area contributed by atoms with Gasteiger partial charge in [-0.25, -0.2) is 0 Å². The molecule has 0 radical (unpaired) electrons. The van der Waals surface area contributed by atoms with Gasteiger partial charge >= 0.3 is 0 Å². The van der Waals surface area contributed by atoms with Crippen LogP contribution in [0, 0.1) is 5.92 Å². The molecule has 1 N–H and O–H groups in total. The van der Waals surface area contributed by atoms with Crippen LogP contribution < -0.4 is 5.32 Å². The van der Waals surface area contributed by atoms with E-state index in [-0.39, 0.29) is 0 Å². The molecular weight excluding hydrogens is 200 g/mol. The van der Waals surface area contributed by atoms with Crippen molar-refractivity contribution in [2.45, 2.75) is 51.0 Å². The SMILES string of the molecule is CNCC(=O)N1CCCC1C1CCCCC1. The maximum Gasteiger partial charge on any atom is 0.236 e. The van der Waals surface area contributed by atoms with Crippen molar-refractivity contribution in [2.75, 3.05) is 20.1 Å². The van der Waals surface area contributed by atoms with Crippen LogP contribution in [-0.4, -0.2) is 37.0 Å². The monoisotopic (exact) mass is 224 g/mol. The maximum absolute atomic E-state index is 12.0. The molecule has 2 aliphatic rings. The quantitative estimate of drug-likeness (QED) is 0.792. The van der Waals surface area contributed by atoms with E-state index in [1.807, 2.05) is 7.05 Å². The van der Waals surface area contributed by atoms with E-state index in [4.69, 9.17) is 0 Å². The van der Waals surface area contributed by atoms with Crippen molar-refractivity contribution in [1.29, 1.82) is 0 Å². The van der Waals surface area contributed by atoms with Crippen LogP contribution in [0.25, 0.3) is 0 Å². The van der Waals surface area contributed by atoms with Gasteiger partial charge in [0.05, 0.1) is 6.54 Å². The highest BCUT2D eigenvalue weighted by Gasteiger charge is 2.34. The van der Waals surface area contributed by atoms with Gasteiger partial charge in [0.1, 0.15) is 0 Å². The van der Waals surface area contributed by atoms with Gasteiger partial charge < -0.3 is 10.2 Å². The third-order valence-corrected chi connectivity index (χ3v) is 4.14. The van der Waals surface area contributed by atoms with Crippen molar-refractivity contribution in [3.05, 3.63) is 0 Å². The first-order chi connectivity index (χ1) is 7.83. The molecule has 92 valence electrons. The summed E-state index contributed by atoms with van der Waals surface area (Å²) in [7, 11) is 1.85. The minimum atomic E-state index is 0.301. The molecule has 1 saturated carbocycles. The predicted octanol–water partition coefficient (Wildman–Crippen LogP) is 1.78. The Balaban J connectivity index is 1.93. The Bertz CT molecular complexity index is 236. The lowest BCUT2D eigenvalue weighted by molar-refractivity contribution is -0.132. The van der Waals surface area contributed by atoms with Crippen LogP contribution in [-0.2, 0) is 4.79 Å². The van der Waals surface area contributed by atoms with E-state index >= 15 is 0 Å². The van der Waals surface area contributed by atoms with Crippen molar-refractivity contribution in [1.82, 2.24) is 10.2 Å². The van der Waals surface area contributed by atoms with Crippen LogP contribution in [0.4, 0.5) is 0 Å². The van der Waals surface area contributed by atoms with E-state index in [9.17, 15) is 4.79 Å². The Labute approximate surface area is 98.6 Å². The zero-order chi connectivity index (χ0) is 11.4. The fourth-order valence-corrected chi connectivity index (χ4v) is 3.36. The Morgan fingerprint density at radius 3 is 2.62 bits per heavy atom. The third kappa shape index (κ3) is 2.57. The Morgan fingerprint density at radius 2 is 1.94 bits per heavy atom. The number of carbonyl (C=O) groups excluding carboxylic acids is 1. The smallest absolute Gasteiger partial charge is 0.236 e. The second kappa shape index (κ2) is 5.67.